The zero-order valence-electron chi connectivity index (χ0n) is 9.97. The summed E-state index contributed by atoms with van der Waals surface area (Å²) in [5.74, 6) is -1.55. The van der Waals surface area contributed by atoms with E-state index in [0.717, 1.165) is 12.8 Å². The largest absolute Gasteiger partial charge is 0.481 e. The molecule has 1 N–H and O–H groups in total. The fourth-order valence-electron chi connectivity index (χ4n) is 2.73. The van der Waals surface area contributed by atoms with E-state index in [1.54, 1.807) is 6.08 Å². The van der Waals surface area contributed by atoms with E-state index in [1.165, 1.54) is 12.8 Å². The highest BCUT2D eigenvalue weighted by molar-refractivity contribution is 5.89. The SMILES string of the molecule is C=CCN(C(=O)[C@@H]1C[C@@H]1C(=O)O)C1CCCC1. The second kappa shape index (κ2) is 4.90. The fourth-order valence-corrected chi connectivity index (χ4v) is 2.73. The number of amides is 1. The Morgan fingerprint density at radius 3 is 2.41 bits per heavy atom. The number of hydrogen-bond donors (Lipinski definition) is 1. The zero-order valence-corrected chi connectivity index (χ0v) is 9.97. The maximum atomic E-state index is 12.2. The summed E-state index contributed by atoms with van der Waals surface area (Å²) in [6, 6.07) is 0.301. The molecule has 1 amide bonds. The van der Waals surface area contributed by atoms with Crippen LogP contribution in [0, 0.1) is 11.8 Å². The Labute approximate surface area is 101 Å². The van der Waals surface area contributed by atoms with Crippen LogP contribution in [0.4, 0.5) is 0 Å². The van der Waals surface area contributed by atoms with Crippen LogP contribution < -0.4 is 0 Å². The van der Waals surface area contributed by atoms with Gasteiger partial charge >= 0.3 is 5.97 Å². The molecule has 0 saturated heterocycles. The average Bonchev–Trinajstić information content (AvgIpc) is 2.94. The van der Waals surface area contributed by atoms with E-state index in [0.29, 0.717) is 19.0 Å². The van der Waals surface area contributed by atoms with E-state index in [2.05, 4.69) is 6.58 Å². The molecule has 0 aromatic heterocycles. The molecule has 17 heavy (non-hydrogen) atoms. The minimum absolute atomic E-state index is 0.0178. The molecule has 0 aromatic carbocycles. The third kappa shape index (κ3) is 2.51. The predicted octanol–water partition coefficient (Wildman–Crippen LogP) is 1.66. The van der Waals surface area contributed by atoms with E-state index in [1.807, 2.05) is 4.90 Å². The quantitative estimate of drug-likeness (QED) is 0.740. The van der Waals surface area contributed by atoms with Crippen molar-refractivity contribution in [1.29, 1.82) is 0 Å². The second-order valence-corrected chi connectivity index (χ2v) is 5.00. The van der Waals surface area contributed by atoms with E-state index in [9.17, 15) is 9.59 Å². The number of aliphatic carboxylic acids is 1. The van der Waals surface area contributed by atoms with E-state index in [-0.39, 0.29) is 11.8 Å². The molecule has 2 aliphatic rings. The van der Waals surface area contributed by atoms with Crippen LogP contribution in [0.1, 0.15) is 32.1 Å². The van der Waals surface area contributed by atoms with Gasteiger partial charge in [0.25, 0.3) is 0 Å². The second-order valence-electron chi connectivity index (χ2n) is 5.00. The van der Waals surface area contributed by atoms with Gasteiger partial charge in [0.15, 0.2) is 0 Å². The molecule has 94 valence electrons. The minimum Gasteiger partial charge on any atom is -0.481 e. The highest BCUT2D eigenvalue weighted by atomic mass is 16.4. The Hall–Kier alpha value is -1.32. The van der Waals surface area contributed by atoms with Crippen molar-refractivity contribution in [3.63, 3.8) is 0 Å². The maximum absolute atomic E-state index is 12.2. The van der Waals surface area contributed by atoms with Crippen molar-refractivity contribution in [2.45, 2.75) is 38.1 Å². The average molecular weight is 237 g/mol. The Kier molecular flexibility index (Phi) is 3.50. The van der Waals surface area contributed by atoms with Crippen LogP contribution in [-0.4, -0.2) is 34.5 Å². The highest BCUT2D eigenvalue weighted by Crippen LogP contribution is 2.41. The van der Waals surface area contributed by atoms with Gasteiger partial charge in [0, 0.05) is 12.6 Å². The number of carbonyl (C=O) groups excluding carboxylic acids is 1. The first-order chi connectivity index (χ1) is 8.15. The molecular weight excluding hydrogens is 218 g/mol. The molecule has 0 radical (unpaired) electrons. The molecule has 0 spiro atoms. The van der Waals surface area contributed by atoms with E-state index < -0.39 is 11.9 Å². The van der Waals surface area contributed by atoms with Gasteiger partial charge in [-0.05, 0) is 19.3 Å². The molecule has 2 aliphatic carbocycles. The summed E-state index contributed by atoms with van der Waals surface area (Å²) < 4.78 is 0. The summed E-state index contributed by atoms with van der Waals surface area (Å²) in [6.07, 6.45) is 6.66. The number of carboxylic acids is 1. The molecule has 2 fully saturated rings. The summed E-state index contributed by atoms with van der Waals surface area (Å²) in [4.78, 5) is 24.8. The molecular formula is C13H19NO3. The summed E-state index contributed by atoms with van der Waals surface area (Å²) in [6.45, 7) is 4.23. The first-order valence-electron chi connectivity index (χ1n) is 6.29. The van der Waals surface area contributed by atoms with Crippen molar-refractivity contribution in [2.24, 2.45) is 11.8 Å². The zero-order chi connectivity index (χ0) is 12.4. The van der Waals surface area contributed by atoms with Crippen LogP contribution in [0.5, 0.6) is 0 Å². The lowest BCUT2D eigenvalue weighted by molar-refractivity contribution is -0.142. The van der Waals surface area contributed by atoms with Crippen molar-refractivity contribution in [3.8, 4) is 0 Å². The molecule has 4 heteroatoms. The Morgan fingerprint density at radius 1 is 1.29 bits per heavy atom. The molecule has 0 heterocycles. The Balaban J connectivity index is 1.98. The molecule has 2 atom stereocenters. The monoisotopic (exact) mass is 237 g/mol. The van der Waals surface area contributed by atoms with Crippen LogP contribution in [0.2, 0.25) is 0 Å². The first-order valence-corrected chi connectivity index (χ1v) is 6.29. The summed E-state index contributed by atoms with van der Waals surface area (Å²) in [5.41, 5.74) is 0. The van der Waals surface area contributed by atoms with E-state index >= 15 is 0 Å². The Morgan fingerprint density at radius 2 is 1.94 bits per heavy atom. The minimum atomic E-state index is -0.840. The van der Waals surface area contributed by atoms with Crippen molar-refractivity contribution in [3.05, 3.63) is 12.7 Å². The van der Waals surface area contributed by atoms with Gasteiger partial charge in [-0.3, -0.25) is 9.59 Å². The number of carbonyl (C=O) groups is 2. The number of hydrogen-bond acceptors (Lipinski definition) is 2. The van der Waals surface area contributed by atoms with Crippen LogP contribution in [-0.2, 0) is 9.59 Å². The first kappa shape index (κ1) is 12.1. The third-order valence-electron chi connectivity index (χ3n) is 3.80. The van der Waals surface area contributed by atoms with Gasteiger partial charge in [-0.2, -0.15) is 0 Å². The van der Waals surface area contributed by atoms with Crippen molar-refractivity contribution in [1.82, 2.24) is 4.90 Å². The van der Waals surface area contributed by atoms with Crippen LogP contribution in [0.25, 0.3) is 0 Å². The van der Waals surface area contributed by atoms with Gasteiger partial charge in [0.1, 0.15) is 0 Å². The molecule has 0 aliphatic heterocycles. The highest BCUT2D eigenvalue weighted by Gasteiger charge is 2.50. The smallest absolute Gasteiger partial charge is 0.307 e. The lowest BCUT2D eigenvalue weighted by Crippen LogP contribution is -2.40. The topological polar surface area (TPSA) is 57.6 Å². The van der Waals surface area contributed by atoms with E-state index in [4.69, 9.17) is 5.11 Å². The molecule has 2 rings (SSSR count). The van der Waals surface area contributed by atoms with Crippen LogP contribution in [0.3, 0.4) is 0 Å². The van der Waals surface area contributed by atoms with Crippen LogP contribution in [0.15, 0.2) is 12.7 Å². The molecule has 0 aromatic rings. The third-order valence-corrected chi connectivity index (χ3v) is 3.80. The number of nitrogens with zero attached hydrogens (tertiary/aromatic N) is 1. The summed E-state index contributed by atoms with van der Waals surface area (Å²) in [7, 11) is 0. The molecule has 0 unspecified atom stereocenters. The van der Waals surface area contributed by atoms with Gasteiger partial charge in [0.2, 0.25) is 5.91 Å². The normalized spacial score (nSPS) is 27.8. The number of rotatable bonds is 5. The number of carboxylic acid groups (broad SMARTS) is 1. The van der Waals surface area contributed by atoms with Crippen molar-refractivity contribution in [2.75, 3.05) is 6.54 Å². The maximum Gasteiger partial charge on any atom is 0.307 e. The van der Waals surface area contributed by atoms with Gasteiger partial charge in [-0.1, -0.05) is 18.9 Å². The van der Waals surface area contributed by atoms with Crippen molar-refractivity contribution < 1.29 is 14.7 Å². The van der Waals surface area contributed by atoms with Crippen molar-refractivity contribution >= 4 is 11.9 Å². The van der Waals surface area contributed by atoms with Gasteiger partial charge < -0.3 is 10.0 Å². The molecule has 2 saturated carbocycles. The summed E-state index contributed by atoms with van der Waals surface area (Å²) in [5, 5.41) is 8.86. The lowest BCUT2D eigenvalue weighted by atomic mass is 10.1. The van der Waals surface area contributed by atoms with Gasteiger partial charge in [0.05, 0.1) is 11.8 Å². The molecule has 0 bridgehead atoms. The lowest BCUT2D eigenvalue weighted by Gasteiger charge is -2.28. The predicted molar refractivity (Wildman–Crippen MR) is 63.4 cm³/mol. The summed E-state index contributed by atoms with van der Waals surface area (Å²) >= 11 is 0. The van der Waals surface area contributed by atoms with Crippen LogP contribution >= 0.6 is 0 Å². The van der Waals surface area contributed by atoms with Gasteiger partial charge in [-0.15, -0.1) is 6.58 Å². The Bertz CT molecular complexity index is 334. The van der Waals surface area contributed by atoms with Gasteiger partial charge in [-0.25, -0.2) is 0 Å². The fraction of sp³-hybridized carbons (Fsp3) is 0.692. The standard InChI is InChI=1S/C13H19NO3/c1-2-7-14(9-5-3-4-6-9)12(15)10-8-11(10)13(16)17/h2,9-11H,1,3-8H2,(H,16,17)/t10-,11+/m1/s1. The molecule has 4 nitrogen and oxygen atoms in total.